The molecule has 0 aromatic heterocycles. The molecule has 0 bridgehead atoms. The monoisotopic (exact) mass is 350 g/mol. The summed E-state index contributed by atoms with van der Waals surface area (Å²) in [6.07, 6.45) is 2.15. The second kappa shape index (κ2) is 7.92. The number of hydrogen-bond donors (Lipinski definition) is 1. The summed E-state index contributed by atoms with van der Waals surface area (Å²) in [5.74, 6) is -1.79. The number of cyclic esters (lactones) is 1. The number of halogens is 2. The number of nitrogens with zero attached hydrogens (tertiary/aromatic N) is 1. The zero-order valence-corrected chi connectivity index (χ0v) is 14.1. The van der Waals surface area contributed by atoms with Gasteiger partial charge in [0.1, 0.15) is 17.7 Å². The first-order valence-electron chi connectivity index (χ1n) is 7.93. The van der Waals surface area contributed by atoms with Gasteiger partial charge in [0.15, 0.2) is 0 Å². The van der Waals surface area contributed by atoms with Crippen molar-refractivity contribution in [3.05, 3.63) is 48.1 Å². The van der Waals surface area contributed by atoms with Crippen LogP contribution in [0.15, 0.2) is 30.9 Å². The number of benzene rings is 1. The van der Waals surface area contributed by atoms with E-state index in [2.05, 4.69) is 11.9 Å². The fourth-order valence-corrected chi connectivity index (χ4v) is 2.50. The summed E-state index contributed by atoms with van der Waals surface area (Å²) < 4.78 is 33.7. The van der Waals surface area contributed by atoms with Crippen LogP contribution in [-0.4, -0.2) is 31.2 Å². The smallest absolute Gasteiger partial charge is 0.414 e. The lowest BCUT2D eigenvalue weighted by atomic mass is 10.0. The van der Waals surface area contributed by atoms with Crippen LogP contribution in [0.3, 0.4) is 0 Å². The number of carbonyl (C=O) groups is 2. The van der Waals surface area contributed by atoms with E-state index in [1.807, 2.05) is 0 Å². The van der Waals surface area contributed by atoms with Crippen molar-refractivity contribution in [2.45, 2.75) is 26.4 Å². The standard InChI is InChI=1S/C18H20F2N2O3/c1-4-6-11(3)17-14(19)7-12(8-15(17)20)22-10-13(25-18(22)24)9-21-16(23)5-2/h4,6-8,13H,3,5,9-10H2,1-2H3,(H,21,23)/b6-4-. The van der Waals surface area contributed by atoms with Crippen molar-refractivity contribution in [1.29, 1.82) is 0 Å². The lowest BCUT2D eigenvalue weighted by Gasteiger charge is -2.15. The Morgan fingerprint density at radius 1 is 1.44 bits per heavy atom. The second-order valence-electron chi connectivity index (χ2n) is 5.58. The summed E-state index contributed by atoms with van der Waals surface area (Å²) >= 11 is 0. The molecule has 1 fully saturated rings. The molecule has 1 heterocycles. The van der Waals surface area contributed by atoms with Crippen LogP contribution in [0.5, 0.6) is 0 Å². The fourth-order valence-electron chi connectivity index (χ4n) is 2.50. The quantitative estimate of drug-likeness (QED) is 0.800. The van der Waals surface area contributed by atoms with Crippen LogP contribution in [0.4, 0.5) is 19.3 Å². The molecule has 1 aromatic carbocycles. The highest BCUT2D eigenvalue weighted by Crippen LogP contribution is 2.29. The van der Waals surface area contributed by atoms with Crippen molar-refractivity contribution in [1.82, 2.24) is 5.32 Å². The number of rotatable bonds is 6. The van der Waals surface area contributed by atoms with Gasteiger partial charge in [-0.1, -0.05) is 25.7 Å². The SMILES string of the molecule is C=C(/C=C\C)c1c(F)cc(N2CC(CNC(=O)CC)OC2=O)cc1F. The number of nitrogens with one attached hydrogen (secondary N) is 1. The second-order valence-corrected chi connectivity index (χ2v) is 5.58. The van der Waals surface area contributed by atoms with E-state index in [-0.39, 0.29) is 35.8 Å². The van der Waals surface area contributed by atoms with E-state index < -0.39 is 23.8 Å². The third kappa shape index (κ3) is 4.23. The Hall–Kier alpha value is -2.70. The minimum atomic E-state index is -0.811. The average molecular weight is 350 g/mol. The topological polar surface area (TPSA) is 58.6 Å². The number of carbonyl (C=O) groups excluding carboxylic acids is 2. The molecule has 1 saturated heterocycles. The van der Waals surface area contributed by atoms with Gasteiger partial charge in [-0.2, -0.15) is 0 Å². The Bertz CT molecular complexity index is 708. The molecule has 1 aliphatic heterocycles. The number of amides is 2. The van der Waals surface area contributed by atoms with Gasteiger partial charge in [-0.25, -0.2) is 13.6 Å². The van der Waals surface area contributed by atoms with Crippen LogP contribution < -0.4 is 10.2 Å². The summed E-state index contributed by atoms with van der Waals surface area (Å²) in [6.45, 7) is 7.29. The molecule has 7 heteroatoms. The normalized spacial score (nSPS) is 17.0. The summed E-state index contributed by atoms with van der Waals surface area (Å²) in [4.78, 5) is 24.4. The molecule has 5 nitrogen and oxygen atoms in total. The van der Waals surface area contributed by atoms with Crippen LogP contribution in [0, 0.1) is 11.6 Å². The van der Waals surface area contributed by atoms with Gasteiger partial charge in [-0.15, -0.1) is 0 Å². The molecular weight excluding hydrogens is 330 g/mol. The molecule has 0 saturated carbocycles. The van der Waals surface area contributed by atoms with Crippen molar-refractivity contribution < 1.29 is 23.1 Å². The molecule has 2 rings (SSSR count). The van der Waals surface area contributed by atoms with Crippen LogP contribution in [0.1, 0.15) is 25.8 Å². The maximum Gasteiger partial charge on any atom is 0.414 e. The number of allylic oxidation sites excluding steroid dienone is 3. The summed E-state index contributed by atoms with van der Waals surface area (Å²) in [7, 11) is 0. The van der Waals surface area contributed by atoms with Gasteiger partial charge in [0.25, 0.3) is 0 Å². The molecule has 1 unspecified atom stereocenters. The van der Waals surface area contributed by atoms with Crippen molar-refractivity contribution in [3.8, 4) is 0 Å². The minimum Gasteiger partial charge on any atom is -0.442 e. The highest BCUT2D eigenvalue weighted by molar-refractivity contribution is 5.90. The molecule has 0 radical (unpaired) electrons. The van der Waals surface area contributed by atoms with E-state index >= 15 is 0 Å². The molecule has 1 aliphatic rings. The predicted molar refractivity (Wildman–Crippen MR) is 91.1 cm³/mol. The van der Waals surface area contributed by atoms with Crippen molar-refractivity contribution in [3.63, 3.8) is 0 Å². The van der Waals surface area contributed by atoms with E-state index in [0.29, 0.717) is 6.42 Å². The lowest BCUT2D eigenvalue weighted by Crippen LogP contribution is -2.34. The molecular formula is C18H20F2N2O3. The number of anilines is 1. The molecule has 25 heavy (non-hydrogen) atoms. The van der Waals surface area contributed by atoms with E-state index in [1.165, 1.54) is 6.08 Å². The zero-order chi connectivity index (χ0) is 18.6. The maximum absolute atomic E-state index is 14.3. The number of ether oxygens (including phenoxy) is 1. The van der Waals surface area contributed by atoms with Gasteiger partial charge < -0.3 is 10.1 Å². The highest BCUT2D eigenvalue weighted by Gasteiger charge is 2.33. The molecule has 0 aliphatic carbocycles. The largest absolute Gasteiger partial charge is 0.442 e. The van der Waals surface area contributed by atoms with Crippen LogP contribution >= 0.6 is 0 Å². The molecule has 1 atom stereocenters. The Labute approximate surface area is 145 Å². The Kier molecular flexibility index (Phi) is 5.90. The van der Waals surface area contributed by atoms with Gasteiger partial charge in [-0.3, -0.25) is 9.69 Å². The molecule has 0 spiro atoms. The molecule has 1 aromatic rings. The van der Waals surface area contributed by atoms with Crippen molar-refractivity contribution in [2.24, 2.45) is 0 Å². The molecule has 1 N–H and O–H groups in total. The van der Waals surface area contributed by atoms with Gasteiger partial charge >= 0.3 is 6.09 Å². The van der Waals surface area contributed by atoms with Gasteiger partial charge in [-0.05, 0) is 24.6 Å². The first-order valence-corrected chi connectivity index (χ1v) is 7.93. The van der Waals surface area contributed by atoms with Crippen molar-refractivity contribution >= 4 is 23.3 Å². The van der Waals surface area contributed by atoms with E-state index in [4.69, 9.17) is 4.74 Å². The lowest BCUT2D eigenvalue weighted by molar-refractivity contribution is -0.121. The number of hydrogen-bond acceptors (Lipinski definition) is 3. The third-order valence-corrected chi connectivity index (χ3v) is 3.75. The van der Waals surface area contributed by atoms with Gasteiger partial charge in [0, 0.05) is 6.42 Å². The summed E-state index contributed by atoms with van der Waals surface area (Å²) in [5.41, 5.74) is 0.0238. The van der Waals surface area contributed by atoms with Gasteiger partial charge in [0.05, 0.1) is 24.3 Å². The summed E-state index contributed by atoms with van der Waals surface area (Å²) in [5, 5.41) is 2.62. The maximum atomic E-state index is 14.3. The predicted octanol–water partition coefficient (Wildman–Crippen LogP) is 3.41. The molecule has 134 valence electrons. The minimum absolute atomic E-state index is 0.0568. The van der Waals surface area contributed by atoms with Crippen molar-refractivity contribution in [2.75, 3.05) is 18.0 Å². The van der Waals surface area contributed by atoms with Crippen LogP contribution in [0.2, 0.25) is 0 Å². The summed E-state index contributed by atoms with van der Waals surface area (Å²) in [6, 6.07) is 2.14. The van der Waals surface area contributed by atoms with Crippen LogP contribution in [-0.2, 0) is 9.53 Å². The Balaban J connectivity index is 2.17. The van der Waals surface area contributed by atoms with E-state index in [9.17, 15) is 18.4 Å². The van der Waals surface area contributed by atoms with E-state index in [1.54, 1.807) is 19.9 Å². The van der Waals surface area contributed by atoms with E-state index in [0.717, 1.165) is 17.0 Å². The Morgan fingerprint density at radius 2 is 2.08 bits per heavy atom. The van der Waals surface area contributed by atoms with Crippen LogP contribution in [0.25, 0.3) is 5.57 Å². The van der Waals surface area contributed by atoms with Gasteiger partial charge in [0.2, 0.25) is 5.91 Å². The first-order chi connectivity index (χ1) is 11.9. The average Bonchev–Trinajstić information content (AvgIpc) is 2.93. The third-order valence-electron chi connectivity index (χ3n) is 3.75. The fraction of sp³-hybridized carbons (Fsp3) is 0.333. The zero-order valence-electron chi connectivity index (χ0n) is 14.1. The Morgan fingerprint density at radius 3 is 2.64 bits per heavy atom. The first kappa shape index (κ1) is 18.6. The highest BCUT2D eigenvalue weighted by atomic mass is 19.1. The molecule has 2 amide bonds.